The third kappa shape index (κ3) is 2.69. The Morgan fingerprint density at radius 3 is 2.59 bits per heavy atom. The van der Waals surface area contributed by atoms with E-state index in [-0.39, 0.29) is 0 Å². The van der Waals surface area contributed by atoms with Crippen LogP contribution in [0.4, 0.5) is 11.4 Å². The van der Waals surface area contributed by atoms with E-state index < -0.39 is 0 Å². The highest BCUT2D eigenvalue weighted by Gasteiger charge is 2.04. The Labute approximate surface area is 101 Å². The van der Waals surface area contributed by atoms with Gasteiger partial charge in [0.2, 0.25) is 0 Å². The summed E-state index contributed by atoms with van der Waals surface area (Å²) in [7, 11) is 3.28. The van der Waals surface area contributed by atoms with Gasteiger partial charge in [0.25, 0.3) is 0 Å². The number of benzene rings is 2. The third-order valence-electron chi connectivity index (χ3n) is 2.39. The van der Waals surface area contributed by atoms with Crippen LogP contribution in [0.15, 0.2) is 42.5 Å². The predicted octanol–water partition coefficient (Wildman–Crippen LogP) is 3.25. The van der Waals surface area contributed by atoms with Crippen molar-refractivity contribution in [2.24, 2.45) is 0 Å². The van der Waals surface area contributed by atoms with Gasteiger partial charge in [-0.3, -0.25) is 0 Å². The van der Waals surface area contributed by atoms with Gasteiger partial charge in [-0.05, 0) is 18.2 Å². The summed E-state index contributed by atoms with van der Waals surface area (Å²) in [6, 6.07) is 16.4. The van der Waals surface area contributed by atoms with Crippen LogP contribution >= 0.6 is 0 Å². The van der Waals surface area contributed by atoms with E-state index in [2.05, 4.69) is 11.4 Å². The molecule has 0 aliphatic heterocycles. The van der Waals surface area contributed by atoms with Crippen LogP contribution in [-0.4, -0.2) is 14.2 Å². The first-order valence-corrected chi connectivity index (χ1v) is 5.29. The molecular weight excluding hydrogens is 214 g/mol. The van der Waals surface area contributed by atoms with Crippen molar-refractivity contribution < 1.29 is 9.47 Å². The molecule has 2 rings (SSSR count). The van der Waals surface area contributed by atoms with Crippen LogP contribution in [0.3, 0.4) is 0 Å². The molecular formula is C14H14NO2. The van der Waals surface area contributed by atoms with Gasteiger partial charge in [0.15, 0.2) is 0 Å². The number of hydrogen-bond acceptors (Lipinski definition) is 3. The van der Waals surface area contributed by atoms with Gasteiger partial charge in [0.1, 0.15) is 11.5 Å². The Bertz CT molecular complexity index is 483. The number of rotatable bonds is 4. The average molecular weight is 228 g/mol. The van der Waals surface area contributed by atoms with Crippen LogP contribution in [0.25, 0.3) is 0 Å². The molecule has 87 valence electrons. The predicted molar refractivity (Wildman–Crippen MR) is 68.1 cm³/mol. The summed E-state index contributed by atoms with van der Waals surface area (Å²) in [5.74, 6) is 1.55. The highest BCUT2D eigenvalue weighted by atomic mass is 16.5. The maximum Gasteiger partial charge on any atom is 0.142 e. The van der Waals surface area contributed by atoms with Crippen molar-refractivity contribution in [3.05, 3.63) is 48.5 Å². The van der Waals surface area contributed by atoms with E-state index in [1.807, 2.05) is 42.5 Å². The number of hydrogen-bond donors (Lipinski definition) is 1. The second kappa shape index (κ2) is 5.25. The third-order valence-corrected chi connectivity index (χ3v) is 2.39. The molecule has 0 fully saturated rings. The highest BCUT2D eigenvalue weighted by Crippen LogP contribution is 2.31. The van der Waals surface area contributed by atoms with Gasteiger partial charge in [-0.1, -0.05) is 18.2 Å². The summed E-state index contributed by atoms with van der Waals surface area (Å²) in [4.78, 5) is 0. The molecule has 0 aliphatic rings. The van der Waals surface area contributed by atoms with Crippen LogP contribution < -0.4 is 14.8 Å². The number of anilines is 2. The quantitative estimate of drug-likeness (QED) is 0.871. The van der Waals surface area contributed by atoms with Crippen LogP contribution in [-0.2, 0) is 0 Å². The van der Waals surface area contributed by atoms with Crippen LogP contribution in [0.1, 0.15) is 0 Å². The molecule has 0 saturated heterocycles. The lowest BCUT2D eigenvalue weighted by Gasteiger charge is -2.12. The lowest BCUT2D eigenvalue weighted by molar-refractivity contribution is 0.405. The molecule has 2 aromatic rings. The monoisotopic (exact) mass is 228 g/mol. The Morgan fingerprint density at radius 2 is 1.94 bits per heavy atom. The molecule has 0 aromatic heterocycles. The van der Waals surface area contributed by atoms with E-state index in [0.717, 1.165) is 22.9 Å². The number of ether oxygens (including phenoxy) is 2. The van der Waals surface area contributed by atoms with Crippen LogP contribution in [0.5, 0.6) is 11.5 Å². The van der Waals surface area contributed by atoms with Crippen molar-refractivity contribution in [3.63, 3.8) is 0 Å². The topological polar surface area (TPSA) is 30.5 Å². The molecule has 0 amide bonds. The molecule has 0 unspecified atom stereocenters. The standard InChI is InChI=1S/C14H14NO2/c1-16-12-8-9-14(17-2)13(10-12)15-11-6-4-3-5-7-11/h3-6,8-10,15H,1-2H3. The van der Waals surface area contributed by atoms with Crippen molar-refractivity contribution in [2.45, 2.75) is 0 Å². The molecule has 3 heteroatoms. The normalized spacial score (nSPS) is 9.76. The van der Waals surface area contributed by atoms with Crippen LogP contribution in [0, 0.1) is 6.07 Å². The molecule has 0 bridgehead atoms. The zero-order chi connectivity index (χ0) is 12.1. The molecule has 17 heavy (non-hydrogen) atoms. The summed E-state index contributed by atoms with van der Waals surface area (Å²) in [5, 5.41) is 3.24. The van der Waals surface area contributed by atoms with E-state index in [9.17, 15) is 0 Å². The van der Waals surface area contributed by atoms with Gasteiger partial charge in [-0.25, -0.2) is 0 Å². The zero-order valence-corrected chi connectivity index (χ0v) is 9.86. The molecule has 0 aliphatic carbocycles. The van der Waals surface area contributed by atoms with Crippen molar-refractivity contribution in [2.75, 3.05) is 19.5 Å². The first-order chi connectivity index (χ1) is 8.33. The summed E-state index contributed by atoms with van der Waals surface area (Å²) in [6.07, 6.45) is 0. The Morgan fingerprint density at radius 1 is 1.06 bits per heavy atom. The second-order valence-electron chi connectivity index (χ2n) is 3.47. The highest BCUT2D eigenvalue weighted by molar-refractivity contribution is 5.67. The average Bonchev–Trinajstić information content (AvgIpc) is 2.40. The van der Waals surface area contributed by atoms with Crippen molar-refractivity contribution in [1.82, 2.24) is 0 Å². The van der Waals surface area contributed by atoms with E-state index in [4.69, 9.17) is 9.47 Å². The fraction of sp³-hybridized carbons (Fsp3) is 0.143. The van der Waals surface area contributed by atoms with Crippen LogP contribution in [0.2, 0.25) is 0 Å². The van der Waals surface area contributed by atoms with E-state index in [1.165, 1.54) is 0 Å². The van der Waals surface area contributed by atoms with Crippen molar-refractivity contribution in [3.8, 4) is 11.5 Å². The molecule has 1 N–H and O–H groups in total. The molecule has 0 atom stereocenters. The molecule has 2 aromatic carbocycles. The lowest BCUT2D eigenvalue weighted by atomic mass is 10.2. The van der Waals surface area contributed by atoms with Gasteiger partial charge < -0.3 is 14.8 Å². The van der Waals surface area contributed by atoms with Crippen molar-refractivity contribution in [1.29, 1.82) is 0 Å². The van der Waals surface area contributed by atoms with E-state index in [1.54, 1.807) is 14.2 Å². The second-order valence-corrected chi connectivity index (χ2v) is 3.47. The number of methoxy groups -OCH3 is 2. The minimum Gasteiger partial charge on any atom is -0.497 e. The fourth-order valence-corrected chi connectivity index (χ4v) is 1.53. The summed E-state index contributed by atoms with van der Waals surface area (Å²) in [6.45, 7) is 0. The van der Waals surface area contributed by atoms with Gasteiger partial charge in [0, 0.05) is 17.8 Å². The Hall–Kier alpha value is -2.16. The van der Waals surface area contributed by atoms with Gasteiger partial charge in [-0.2, -0.15) is 0 Å². The van der Waals surface area contributed by atoms with Gasteiger partial charge in [0.05, 0.1) is 19.9 Å². The van der Waals surface area contributed by atoms with Crippen molar-refractivity contribution >= 4 is 11.4 Å². The maximum absolute atomic E-state index is 5.29. The minimum atomic E-state index is 0.767. The molecule has 0 saturated carbocycles. The Kier molecular flexibility index (Phi) is 3.50. The number of nitrogens with one attached hydrogen (secondary N) is 1. The first-order valence-electron chi connectivity index (χ1n) is 5.29. The molecule has 0 spiro atoms. The minimum absolute atomic E-state index is 0.767. The first kappa shape index (κ1) is 11.3. The molecule has 0 heterocycles. The van der Waals surface area contributed by atoms with E-state index in [0.29, 0.717) is 0 Å². The van der Waals surface area contributed by atoms with Gasteiger partial charge >= 0.3 is 0 Å². The lowest BCUT2D eigenvalue weighted by Crippen LogP contribution is -1.95. The summed E-state index contributed by atoms with van der Waals surface area (Å²) in [5.41, 5.74) is 1.74. The number of para-hydroxylation sites is 1. The molecule has 3 nitrogen and oxygen atoms in total. The molecule has 1 radical (unpaired) electrons. The van der Waals surface area contributed by atoms with Gasteiger partial charge in [-0.15, -0.1) is 0 Å². The fourth-order valence-electron chi connectivity index (χ4n) is 1.53. The SMILES string of the molecule is COc1ccc(OC)c(Nc2[c]cccc2)c1. The maximum atomic E-state index is 5.29. The van der Waals surface area contributed by atoms with E-state index >= 15 is 0 Å². The largest absolute Gasteiger partial charge is 0.497 e. The summed E-state index contributed by atoms with van der Waals surface area (Å²) < 4.78 is 10.5. The zero-order valence-electron chi connectivity index (χ0n) is 9.86. The summed E-state index contributed by atoms with van der Waals surface area (Å²) >= 11 is 0. The Balaban J connectivity index is 2.30. The smallest absolute Gasteiger partial charge is 0.142 e.